The zero-order chi connectivity index (χ0) is 14.3. The highest BCUT2D eigenvalue weighted by Gasteiger charge is 2.32. The molecule has 4 nitrogen and oxygen atoms in total. The molecule has 7 heteroatoms. The minimum atomic E-state index is -3.70. The molecular formula is C13H10BrClN2O2S. The lowest BCUT2D eigenvalue weighted by Crippen LogP contribution is -2.29. The maximum Gasteiger partial charge on any atom is 0.267 e. The number of benzene rings is 1. The van der Waals surface area contributed by atoms with Crippen LogP contribution in [0.4, 0.5) is 5.69 Å². The van der Waals surface area contributed by atoms with Crippen LogP contribution in [0.25, 0.3) is 0 Å². The third kappa shape index (κ3) is 2.21. The van der Waals surface area contributed by atoms with Crippen LogP contribution < -0.4 is 4.31 Å². The summed E-state index contributed by atoms with van der Waals surface area (Å²) >= 11 is 9.17. The normalized spacial score (nSPS) is 14.4. The van der Waals surface area contributed by atoms with E-state index in [2.05, 4.69) is 20.9 Å². The predicted octanol–water partition coefficient (Wildman–Crippen LogP) is 3.25. The SMILES string of the molecule is O=S(=O)(c1cc(Br)cnc1Cl)N1CCc2ccccc21. The lowest BCUT2D eigenvalue weighted by atomic mass is 10.2. The Bertz CT molecular complexity index is 780. The molecule has 1 aliphatic heterocycles. The quantitative estimate of drug-likeness (QED) is 0.759. The minimum Gasteiger partial charge on any atom is -0.266 e. The van der Waals surface area contributed by atoms with E-state index in [0.717, 1.165) is 5.56 Å². The molecule has 1 aliphatic rings. The third-order valence-electron chi connectivity index (χ3n) is 3.19. The topological polar surface area (TPSA) is 50.3 Å². The van der Waals surface area contributed by atoms with Crippen molar-refractivity contribution in [2.45, 2.75) is 11.3 Å². The molecule has 0 fully saturated rings. The number of rotatable bonds is 2. The van der Waals surface area contributed by atoms with Crippen LogP contribution in [0.3, 0.4) is 0 Å². The summed E-state index contributed by atoms with van der Waals surface area (Å²) in [6, 6.07) is 8.95. The smallest absolute Gasteiger partial charge is 0.266 e. The van der Waals surface area contributed by atoms with E-state index >= 15 is 0 Å². The molecule has 2 aromatic rings. The van der Waals surface area contributed by atoms with Gasteiger partial charge in [0.05, 0.1) is 5.69 Å². The van der Waals surface area contributed by atoms with Crippen molar-refractivity contribution in [1.29, 1.82) is 0 Å². The summed E-state index contributed by atoms with van der Waals surface area (Å²) in [6.45, 7) is 0.421. The fourth-order valence-electron chi connectivity index (χ4n) is 2.26. The molecule has 0 bridgehead atoms. The molecule has 0 spiro atoms. The molecule has 0 atom stereocenters. The second-order valence-electron chi connectivity index (χ2n) is 4.40. The number of pyridine rings is 1. The molecule has 0 unspecified atom stereocenters. The molecule has 3 rings (SSSR count). The van der Waals surface area contributed by atoms with Gasteiger partial charge in [-0.2, -0.15) is 0 Å². The van der Waals surface area contributed by atoms with Gasteiger partial charge in [0, 0.05) is 17.2 Å². The lowest BCUT2D eigenvalue weighted by Gasteiger charge is -2.20. The van der Waals surface area contributed by atoms with E-state index in [1.54, 1.807) is 6.07 Å². The number of halogens is 2. The molecular weight excluding hydrogens is 364 g/mol. The summed E-state index contributed by atoms with van der Waals surface area (Å²) < 4.78 is 27.5. The Labute approximate surface area is 130 Å². The Hall–Kier alpha value is -1.11. The van der Waals surface area contributed by atoms with Gasteiger partial charge in [0.15, 0.2) is 0 Å². The number of fused-ring (bicyclic) bond motifs is 1. The number of anilines is 1. The molecule has 0 saturated carbocycles. The zero-order valence-electron chi connectivity index (χ0n) is 10.3. The fourth-order valence-corrected chi connectivity index (χ4v) is 4.69. The summed E-state index contributed by atoms with van der Waals surface area (Å²) in [4.78, 5) is 3.90. The van der Waals surface area contributed by atoms with Gasteiger partial charge in [-0.1, -0.05) is 29.8 Å². The average molecular weight is 374 g/mol. The predicted molar refractivity (Wildman–Crippen MR) is 81.6 cm³/mol. The number of nitrogens with zero attached hydrogens (tertiary/aromatic N) is 2. The van der Waals surface area contributed by atoms with Crippen LogP contribution in [-0.2, 0) is 16.4 Å². The molecule has 0 aliphatic carbocycles. The van der Waals surface area contributed by atoms with Gasteiger partial charge in [-0.3, -0.25) is 4.31 Å². The lowest BCUT2D eigenvalue weighted by molar-refractivity contribution is 0.592. The maximum absolute atomic E-state index is 12.8. The second-order valence-corrected chi connectivity index (χ2v) is 7.50. The monoisotopic (exact) mass is 372 g/mol. The van der Waals surface area contributed by atoms with Gasteiger partial charge in [-0.05, 0) is 40.0 Å². The summed E-state index contributed by atoms with van der Waals surface area (Å²) in [7, 11) is -3.70. The molecule has 1 aromatic heterocycles. The summed E-state index contributed by atoms with van der Waals surface area (Å²) in [5.74, 6) is 0. The standard InChI is InChI=1S/C13H10BrClN2O2S/c14-10-7-12(13(15)16-8-10)20(18,19)17-6-5-9-3-1-2-4-11(9)17/h1-4,7-8H,5-6H2. The summed E-state index contributed by atoms with van der Waals surface area (Å²) in [5, 5.41) is -0.0161. The van der Waals surface area contributed by atoms with Crippen molar-refractivity contribution in [1.82, 2.24) is 4.98 Å². The van der Waals surface area contributed by atoms with Crippen molar-refractivity contribution in [3.8, 4) is 0 Å². The highest BCUT2D eigenvalue weighted by atomic mass is 79.9. The minimum absolute atomic E-state index is 0.0161. The van der Waals surface area contributed by atoms with Crippen molar-refractivity contribution in [3.63, 3.8) is 0 Å². The number of sulfonamides is 1. The van der Waals surface area contributed by atoms with Gasteiger partial charge < -0.3 is 0 Å². The van der Waals surface area contributed by atoms with E-state index < -0.39 is 10.0 Å². The molecule has 0 N–H and O–H groups in total. The Kier molecular flexibility index (Phi) is 3.48. The number of aromatic nitrogens is 1. The maximum atomic E-state index is 12.8. The van der Waals surface area contributed by atoms with Gasteiger partial charge in [0.1, 0.15) is 10.0 Å². The number of hydrogen-bond acceptors (Lipinski definition) is 3. The highest BCUT2D eigenvalue weighted by molar-refractivity contribution is 9.10. The Morgan fingerprint density at radius 1 is 1.30 bits per heavy atom. The van der Waals surface area contributed by atoms with E-state index in [4.69, 9.17) is 11.6 Å². The van der Waals surface area contributed by atoms with Crippen LogP contribution >= 0.6 is 27.5 Å². The Morgan fingerprint density at radius 3 is 2.85 bits per heavy atom. The second kappa shape index (κ2) is 5.02. The molecule has 0 radical (unpaired) electrons. The molecule has 20 heavy (non-hydrogen) atoms. The zero-order valence-corrected chi connectivity index (χ0v) is 13.4. The Balaban J connectivity index is 2.13. The largest absolute Gasteiger partial charge is 0.267 e. The van der Waals surface area contributed by atoms with Gasteiger partial charge in [0.2, 0.25) is 0 Å². The first-order valence-corrected chi connectivity index (χ1v) is 8.53. The van der Waals surface area contributed by atoms with E-state index in [-0.39, 0.29) is 10.0 Å². The molecule has 0 saturated heterocycles. The van der Waals surface area contributed by atoms with Crippen molar-refractivity contribution < 1.29 is 8.42 Å². The van der Waals surface area contributed by atoms with Crippen molar-refractivity contribution >= 4 is 43.2 Å². The van der Waals surface area contributed by atoms with Crippen LogP contribution in [-0.4, -0.2) is 19.9 Å². The summed E-state index contributed by atoms with van der Waals surface area (Å²) in [5.41, 5.74) is 1.73. The van der Waals surface area contributed by atoms with Gasteiger partial charge in [0.25, 0.3) is 10.0 Å². The molecule has 2 heterocycles. The van der Waals surface area contributed by atoms with E-state index in [1.807, 2.05) is 18.2 Å². The molecule has 0 amide bonds. The van der Waals surface area contributed by atoms with Crippen molar-refractivity contribution in [3.05, 3.63) is 51.7 Å². The van der Waals surface area contributed by atoms with Crippen LogP contribution in [0, 0.1) is 0 Å². The fraction of sp³-hybridized carbons (Fsp3) is 0.154. The van der Waals surface area contributed by atoms with Crippen molar-refractivity contribution in [2.24, 2.45) is 0 Å². The first kappa shape index (κ1) is 13.9. The molecule has 104 valence electrons. The van der Waals surface area contributed by atoms with Gasteiger partial charge in [-0.25, -0.2) is 13.4 Å². The summed E-state index contributed by atoms with van der Waals surface area (Å²) in [6.07, 6.45) is 2.17. The first-order chi connectivity index (χ1) is 9.50. The molecule has 1 aromatic carbocycles. The number of para-hydroxylation sites is 1. The van der Waals surface area contributed by atoms with E-state index in [9.17, 15) is 8.42 Å². The van der Waals surface area contributed by atoms with Crippen LogP contribution in [0.15, 0.2) is 45.9 Å². The van der Waals surface area contributed by atoms with Crippen molar-refractivity contribution in [2.75, 3.05) is 10.8 Å². The highest BCUT2D eigenvalue weighted by Crippen LogP contribution is 2.34. The third-order valence-corrected chi connectivity index (χ3v) is 5.86. The van der Waals surface area contributed by atoms with Crippen LogP contribution in [0.1, 0.15) is 5.56 Å². The number of hydrogen-bond donors (Lipinski definition) is 0. The average Bonchev–Trinajstić information content (AvgIpc) is 2.86. The van der Waals surface area contributed by atoms with Gasteiger partial charge in [-0.15, -0.1) is 0 Å². The van der Waals surface area contributed by atoms with E-state index in [0.29, 0.717) is 23.1 Å². The van der Waals surface area contributed by atoms with E-state index in [1.165, 1.54) is 16.6 Å². The Morgan fingerprint density at radius 2 is 2.05 bits per heavy atom. The van der Waals surface area contributed by atoms with Gasteiger partial charge >= 0.3 is 0 Å². The first-order valence-electron chi connectivity index (χ1n) is 5.92. The van der Waals surface area contributed by atoms with Crippen LogP contribution in [0.2, 0.25) is 5.15 Å². The van der Waals surface area contributed by atoms with Crippen LogP contribution in [0.5, 0.6) is 0 Å².